The minimum absolute atomic E-state index is 0.0923. The minimum Gasteiger partial charge on any atom is -0.473 e. The lowest BCUT2D eigenvalue weighted by Gasteiger charge is -2.24. The SMILES string of the molecule is CCOC(=O)C(C)(C)Oc1ccc(Cn2ncn(-c3ccc(C(F)(F)F)cc3)c2=O)cc1F. The zero-order valence-corrected chi connectivity index (χ0v) is 18.0. The summed E-state index contributed by atoms with van der Waals surface area (Å²) in [6.07, 6.45) is -3.32. The van der Waals surface area contributed by atoms with Gasteiger partial charge in [-0.3, -0.25) is 0 Å². The molecule has 0 saturated heterocycles. The summed E-state index contributed by atoms with van der Waals surface area (Å²) in [6, 6.07) is 8.02. The predicted molar refractivity (Wildman–Crippen MR) is 110 cm³/mol. The average molecular weight is 467 g/mol. The molecule has 7 nitrogen and oxygen atoms in total. The maximum Gasteiger partial charge on any atom is 0.416 e. The van der Waals surface area contributed by atoms with Gasteiger partial charge in [-0.2, -0.15) is 18.3 Å². The van der Waals surface area contributed by atoms with E-state index < -0.39 is 34.8 Å². The number of ether oxygens (including phenoxy) is 2. The van der Waals surface area contributed by atoms with Gasteiger partial charge in [0.2, 0.25) is 0 Å². The summed E-state index contributed by atoms with van der Waals surface area (Å²) >= 11 is 0. The van der Waals surface area contributed by atoms with Crippen molar-refractivity contribution in [2.45, 2.75) is 39.1 Å². The van der Waals surface area contributed by atoms with Gasteiger partial charge in [-0.1, -0.05) is 6.07 Å². The van der Waals surface area contributed by atoms with Crippen molar-refractivity contribution in [2.24, 2.45) is 0 Å². The van der Waals surface area contributed by atoms with Gasteiger partial charge in [-0.05, 0) is 62.7 Å². The molecule has 2 aromatic carbocycles. The van der Waals surface area contributed by atoms with Crippen molar-refractivity contribution in [3.8, 4) is 11.4 Å². The summed E-state index contributed by atoms with van der Waals surface area (Å²) in [4.78, 5) is 24.5. The third-order valence-electron chi connectivity index (χ3n) is 4.67. The number of carbonyl (C=O) groups excluding carboxylic acids is 1. The van der Waals surface area contributed by atoms with Crippen molar-refractivity contribution in [1.82, 2.24) is 14.3 Å². The summed E-state index contributed by atoms with van der Waals surface area (Å²) in [5, 5.41) is 3.94. The first-order chi connectivity index (χ1) is 15.4. The second-order valence-electron chi connectivity index (χ2n) is 7.58. The average Bonchev–Trinajstić information content (AvgIpc) is 3.10. The molecule has 0 N–H and O–H groups in total. The lowest BCUT2D eigenvalue weighted by molar-refractivity contribution is -0.158. The molecule has 3 aromatic rings. The number of carbonyl (C=O) groups is 1. The summed E-state index contributed by atoms with van der Waals surface area (Å²) in [6.45, 7) is 4.60. The fourth-order valence-corrected chi connectivity index (χ4v) is 2.95. The molecule has 0 bridgehead atoms. The number of halogens is 4. The van der Waals surface area contributed by atoms with Crippen LogP contribution in [-0.4, -0.2) is 32.5 Å². The van der Waals surface area contributed by atoms with Crippen LogP contribution >= 0.6 is 0 Å². The van der Waals surface area contributed by atoms with E-state index in [2.05, 4.69) is 5.10 Å². The quantitative estimate of drug-likeness (QED) is 0.389. The second kappa shape index (κ2) is 9.08. The van der Waals surface area contributed by atoms with E-state index in [1.807, 2.05) is 0 Å². The molecule has 0 radical (unpaired) electrons. The molecule has 0 aliphatic heterocycles. The first-order valence-electron chi connectivity index (χ1n) is 9.89. The van der Waals surface area contributed by atoms with Gasteiger partial charge >= 0.3 is 17.8 Å². The van der Waals surface area contributed by atoms with Gasteiger partial charge in [0, 0.05) is 0 Å². The fourth-order valence-electron chi connectivity index (χ4n) is 2.95. The van der Waals surface area contributed by atoms with Crippen LogP contribution in [0.15, 0.2) is 53.6 Å². The molecule has 3 rings (SSSR count). The van der Waals surface area contributed by atoms with Crippen LogP contribution in [0.3, 0.4) is 0 Å². The molecule has 1 aromatic heterocycles. The third kappa shape index (κ3) is 5.41. The molecular formula is C22H21F4N3O4. The van der Waals surface area contributed by atoms with Crippen LogP contribution in [0.1, 0.15) is 31.9 Å². The van der Waals surface area contributed by atoms with Crippen molar-refractivity contribution < 1.29 is 31.8 Å². The molecule has 11 heteroatoms. The molecule has 33 heavy (non-hydrogen) atoms. The standard InChI is InChI=1S/C22H21F4N3O4/c1-4-32-19(30)21(2,3)33-18-10-5-14(11-17(18)23)12-29-20(31)28(13-27-29)16-8-6-15(7-9-16)22(24,25)26/h5-11,13H,4,12H2,1-3H3. The molecule has 0 fully saturated rings. The highest BCUT2D eigenvalue weighted by Gasteiger charge is 2.32. The molecule has 0 aliphatic carbocycles. The van der Waals surface area contributed by atoms with Crippen molar-refractivity contribution in [2.75, 3.05) is 6.61 Å². The number of hydrogen-bond acceptors (Lipinski definition) is 5. The van der Waals surface area contributed by atoms with Gasteiger partial charge in [-0.15, -0.1) is 0 Å². The van der Waals surface area contributed by atoms with Crippen LogP contribution < -0.4 is 10.4 Å². The maximum absolute atomic E-state index is 14.6. The molecule has 0 unspecified atom stereocenters. The Morgan fingerprint density at radius 2 is 1.76 bits per heavy atom. The van der Waals surface area contributed by atoms with Crippen LogP contribution in [-0.2, 0) is 22.3 Å². The smallest absolute Gasteiger partial charge is 0.416 e. The zero-order chi connectivity index (χ0) is 24.4. The number of aromatic nitrogens is 3. The summed E-state index contributed by atoms with van der Waals surface area (Å²) < 4.78 is 65.2. The van der Waals surface area contributed by atoms with Gasteiger partial charge in [-0.25, -0.2) is 23.2 Å². The monoisotopic (exact) mass is 467 g/mol. The number of alkyl halides is 3. The largest absolute Gasteiger partial charge is 0.473 e. The number of benzene rings is 2. The Morgan fingerprint density at radius 3 is 2.33 bits per heavy atom. The van der Waals surface area contributed by atoms with Crippen molar-refractivity contribution in [1.29, 1.82) is 0 Å². The second-order valence-corrected chi connectivity index (χ2v) is 7.58. The van der Waals surface area contributed by atoms with E-state index >= 15 is 0 Å². The summed E-state index contributed by atoms with van der Waals surface area (Å²) in [5.41, 5.74) is -2.27. The predicted octanol–water partition coefficient (Wildman–Crippen LogP) is 3.96. The van der Waals surface area contributed by atoms with Crippen molar-refractivity contribution in [3.63, 3.8) is 0 Å². The highest BCUT2D eigenvalue weighted by atomic mass is 19.4. The minimum atomic E-state index is -4.49. The third-order valence-corrected chi connectivity index (χ3v) is 4.67. The molecule has 0 amide bonds. The van der Waals surface area contributed by atoms with E-state index in [-0.39, 0.29) is 24.6 Å². The van der Waals surface area contributed by atoms with Crippen LogP contribution in [0, 0.1) is 5.82 Å². The first-order valence-corrected chi connectivity index (χ1v) is 9.89. The van der Waals surface area contributed by atoms with E-state index in [0.717, 1.165) is 39.6 Å². The van der Waals surface area contributed by atoms with E-state index in [9.17, 15) is 27.2 Å². The molecule has 0 atom stereocenters. The summed E-state index contributed by atoms with van der Waals surface area (Å²) in [5.74, 6) is -1.56. The van der Waals surface area contributed by atoms with Gasteiger partial charge in [0.15, 0.2) is 17.2 Å². The summed E-state index contributed by atoms with van der Waals surface area (Å²) in [7, 11) is 0. The van der Waals surface area contributed by atoms with Gasteiger partial charge in [0.1, 0.15) is 6.33 Å². The van der Waals surface area contributed by atoms with Gasteiger partial charge in [0.25, 0.3) is 0 Å². The van der Waals surface area contributed by atoms with E-state index in [1.54, 1.807) is 6.92 Å². The Bertz CT molecular complexity index is 1200. The van der Waals surface area contributed by atoms with Crippen LogP contribution in [0.2, 0.25) is 0 Å². The fraction of sp³-hybridized carbons (Fsp3) is 0.318. The number of esters is 1. The van der Waals surface area contributed by atoms with Crippen LogP contribution in [0.25, 0.3) is 5.69 Å². The van der Waals surface area contributed by atoms with E-state index in [1.165, 1.54) is 32.3 Å². The van der Waals surface area contributed by atoms with Crippen LogP contribution in [0.4, 0.5) is 17.6 Å². The molecule has 176 valence electrons. The highest BCUT2D eigenvalue weighted by Crippen LogP contribution is 2.29. The molecular weight excluding hydrogens is 446 g/mol. The van der Waals surface area contributed by atoms with Gasteiger partial charge < -0.3 is 9.47 Å². The number of rotatable bonds is 7. The normalized spacial score (nSPS) is 12.0. The van der Waals surface area contributed by atoms with Crippen molar-refractivity contribution >= 4 is 5.97 Å². The van der Waals surface area contributed by atoms with Crippen LogP contribution in [0.5, 0.6) is 5.75 Å². The zero-order valence-electron chi connectivity index (χ0n) is 18.0. The topological polar surface area (TPSA) is 75.3 Å². The molecule has 0 saturated carbocycles. The lowest BCUT2D eigenvalue weighted by atomic mass is 10.1. The van der Waals surface area contributed by atoms with E-state index in [0.29, 0.717) is 5.56 Å². The molecule has 0 spiro atoms. The Balaban J connectivity index is 1.77. The van der Waals surface area contributed by atoms with E-state index in [4.69, 9.17) is 9.47 Å². The molecule has 1 heterocycles. The Labute approximate surface area is 186 Å². The number of hydrogen-bond donors (Lipinski definition) is 0. The first kappa shape index (κ1) is 24.0. The number of nitrogens with zero attached hydrogens (tertiary/aromatic N) is 3. The maximum atomic E-state index is 14.6. The Kier molecular flexibility index (Phi) is 6.61. The highest BCUT2D eigenvalue weighted by molar-refractivity contribution is 5.79. The lowest BCUT2D eigenvalue weighted by Crippen LogP contribution is -2.40. The van der Waals surface area contributed by atoms with Gasteiger partial charge in [0.05, 0.1) is 24.4 Å². The Hall–Kier alpha value is -3.63. The Morgan fingerprint density at radius 1 is 1.09 bits per heavy atom. The van der Waals surface area contributed by atoms with Crippen molar-refractivity contribution in [3.05, 3.63) is 76.2 Å². The molecule has 0 aliphatic rings.